The Balaban J connectivity index is 1.89. The molecular weight excluding hydrogens is 216 g/mol. The van der Waals surface area contributed by atoms with E-state index in [-0.39, 0.29) is 12.7 Å². The molecule has 2 fully saturated rings. The second-order valence-corrected chi connectivity index (χ2v) is 5.10. The molecule has 2 aliphatic heterocycles. The van der Waals surface area contributed by atoms with Gasteiger partial charge in [0, 0.05) is 18.3 Å². The number of pyridine rings is 1. The Morgan fingerprint density at radius 3 is 2.65 bits per heavy atom. The minimum absolute atomic E-state index is 0.0569. The first-order valence-corrected chi connectivity index (χ1v) is 6.30. The van der Waals surface area contributed by atoms with Crippen LogP contribution in [0.1, 0.15) is 31.2 Å². The Bertz CT molecular complexity index is 396. The van der Waals surface area contributed by atoms with Gasteiger partial charge in [0.25, 0.3) is 0 Å². The molecule has 2 unspecified atom stereocenters. The molecule has 4 nitrogen and oxygen atoms in total. The Hall–Kier alpha value is -1.13. The first kappa shape index (κ1) is 11.0. The molecule has 2 N–H and O–H groups in total. The third-order valence-corrected chi connectivity index (χ3v) is 3.97. The Morgan fingerprint density at radius 2 is 2.00 bits per heavy atom. The molecule has 92 valence electrons. The normalized spacial score (nSPS) is 31.9. The van der Waals surface area contributed by atoms with Crippen molar-refractivity contribution in [3.8, 4) is 0 Å². The van der Waals surface area contributed by atoms with Crippen molar-refractivity contribution >= 4 is 5.82 Å². The fourth-order valence-electron chi connectivity index (χ4n) is 3.22. The van der Waals surface area contributed by atoms with Crippen LogP contribution in [0.3, 0.4) is 0 Å². The summed E-state index contributed by atoms with van der Waals surface area (Å²) >= 11 is 0. The van der Waals surface area contributed by atoms with E-state index in [1.165, 1.54) is 0 Å². The zero-order chi connectivity index (χ0) is 11.8. The van der Waals surface area contributed by atoms with E-state index >= 15 is 0 Å². The van der Waals surface area contributed by atoms with E-state index in [0.29, 0.717) is 12.1 Å². The molecule has 4 heteroatoms. The molecule has 0 spiro atoms. The van der Waals surface area contributed by atoms with Crippen molar-refractivity contribution in [2.75, 3.05) is 4.90 Å². The van der Waals surface area contributed by atoms with E-state index in [0.717, 1.165) is 37.1 Å². The largest absolute Gasteiger partial charge is 0.393 e. The highest BCUT2D eigenvalue weighted by Crippen LogP contribution is 2.38. The zero-order valence-corrected chi connectivity index (χ0v) is 9.79. The molecule has 0 saturated carbocycles. The van der Waals surface area contributed by atoms with Gasteiger partial charge in [0.05, 0.1) is 12.7 Å². The number of piperidine rings is 1. The minimum atomic E-state index is -0.148. The smallest absolute Gasteiger partial charge is 0.129 e. The maximum Gasteiger partial charge on any atom is 0.129 e. The van der Waals surface area contributed by atoms with Gasteiger partial charge in [-0.2, -0.15) is 0 Å². The third kappa shape index (κ3) is 1.91. The lowest BCUT2D eigenvalue weighted by molar-refractivity contribution is 0.126. The molecule has 0 radical (unpaired) electrons. The van der Waals surface area contributed by atoms with Gasteiger partial charge in [-0.05, 0) is 43.4 Å². The molecule has 1 aromatic rings. The lowest BCUT2D eigenvalue weighted by Gasteiger charge is -2.38. The van der Waals surface area contributed by atoms with Gasteiger partial charge < -0.3 is 15.1 Å². The molecular formula is C13H18N2O2. The highest BCUT2D eigenvalue weighted by molar-refractivity contribution is 5.45. The molecule has 2 bridgehead atoms. The number of hydrogen-bond donors (Lipinski definition) is 2. The molecule has 2 saturated heterocycles. The van der Waals surface area contributed by atoms with Crippen LogP contribution in [0.2, 0.25) is 0 Å². The summed E-state index contributed by atoms with van der Waals surface area (Å²) in [5, 5.41) is 18.9. The molecule has 3 rings (SSSR count). The van der Waals surface area contributed by atoms with E-state index in [1.54, 1.807) is 6.20 Å². The second kappa shape index (κ2) is 4.27. The van der Waals surface area contributed by atoms with E-state index in [1.807, 2.05) is 12.1 Å². The number of aromatic nitrogens is 1. The first-order valence-electron chi connectivity index (χ1n) is 6.30. The maximum absolute atomic E-state index is 9.77. The van der Waals surface area contributed by atoms with Gasteiger partial charge in [0.15, 0.2) is 0 Å². The summed E-state index contributed by atoms with van der Waals surface area (Å²) in [5.41, 5.74) is 0.903. The van der Waals surface area contributed by atoms with Crippen LogP contribution in [0.4, 0.5) is 5.82 Å². The third-order valence-electron chi connectivity index (χ3n) is 3.97. The van der Waals surface area contributed by atoms with Gasteiger partial charge in [0.2, 0.25) is 0 Å². The van der Waals surface area contributed by atoms with Crippen LogP contribution in [-0.2, 0) is 6.61 Å². The lowest BCUT2D eigenvalue weighted by atomic mass is 10.00. The van der Waals surface area contributed by atoms with Gasteiger partial charge in [-0.1, -0.05) is 0 Å². The summed E-state index contributed by atoms with van der Waals surface area (Å²) in [6.07, 6.45) is 5.60. The molecule has 17 heavy (non-hydrogen) atoms. The quantitative estimate of drug-likeness (QED) is 0.803. The van der Waals surface area contributed by atoms with Crippen LogP contribution in [0, 0.1) is 0 Å². The predicted octanol–water partition coefficient (Wildman–Crippen LogP) is 1.07. The molecule has 0 aromatic carbocycles. The van der Waals surface area contributed by atoms with E-state index in [2.05, 4.69) is 9.88 Å². The second-order valence-electron chi connectivity index (χ2n) is 5.10. The Labute approximate surface area is 101 Å². The highest BCUT2D eigenvalue weighted by atomic mass is 16.3. The number of rotatable bonds is 2. The van der Waals surface area contributed by atoms with Gasteiger partial charge in [-0.3, -0.25) is 0 Å². The molecule has 2 atom stereocenters. The van der Waals surface area contributed by atoms with Crippen molar-refractivity contribution in [1.29, 1.82) is 0 Å². The number of nitrogens with zero attached hydrogens (tertiary/aromatic N) is 2. The summed E-state index contributed by atoms with van der Waals surface area (Å²) in [5.74, 6) is 0.955. The van der Waals surface area contributed by atoms with E-state index in [9.17, 15) is 5.11 Å². The topological polar surface area (TPSA) is 56.6 Å². The van der Waals surface area contributed by atoms with Gasteiger partial charge in [0.1, 0.15) is 5.82 Å². The SMILES string of the molecule is OCc1ccnc(N2C3CCC2CC(O)C3)c1. The van der Waals surface area contributed by atoms with Crippen LogP contribution in [0.15, 0.2) is 18.3 Å². The Morgan fingerprint density at radius 1 is 1.29 bits per heavy atom. The molecule has 1 aromatic heterocycles. The van der Waals surface area contributed by atoms with Crippen LogP contribution >= 0.6 is 0 Å². The Kier molecular flexibility index (Phi) is 2.76. The number of hydrogen-bond acceptors (Lipinski definition) is 4. The molecule has 3 heterocycles. The average Bonchev–Trinajstić information content (AvgIpc) is 2.62. The summed E-state index contributed by atoms with van der Waals surface area (Å²) in [6, 6.07) is 4.64. The summed E-state index contributed by atoms with van der Waals surface area (Å²) < 4.78 is 0. The van der Waals surface area contributed by atoms with Crippen molar-refractivity contribution in [3.63, 3.8) is 0 Å². The molecule has 2 aliphatic rings. The fourth-order valence-corrected chi connectivity index (χ4v) is 3.22. The van der Waals surface area contributed by atoms with Crippen molar-refractivity contribution in [3.05, 3.63) is 23.9 Å². The maximum atomic E-state index is 9.77. The van der Waals surface area contributed by atoms with Crippen molar-refractivity contribution in [1.82, 2.24) is 4.98 Å². The van der Waals surface area contributed by atoms with Crippen molar-refractivity contribution < 1.29 is 10.2 Å². The van der Waals surface area contributed by atoms with Gasteiger partial charge in [-0.25, -0.2) is 4.98 Å². The highest BCUT2D eigenvalue weighted by Gasteiger charge is 2.40. The number of anilines is 1. The average molecular weight is 234 g/mol. The van der Waals surface area contributed by atoms with Gasteiger partial charge >= 0.3 is 0 Å². The summed E-state index contributed by atoms with van der Waals surface area (Å²) in [4.78, 5) is 6.75. The fraction of sp³-hybridized carbons (Fsp3) is 0.615. The first-order chi connectivity index (χ1) is 8.28. The van der Waals surface area contributed by atoms with Gasteiger partial charge in [-0.15, -0.1) is 0 Å². The zero-order valence-electron chi connectivity index (χ0n) is 9.79. The summed E-state index contributed by atoms with van der Waals surface area (Å²) in [6.45, 7) is 0.0569. The van der Waals surface area contributed by atoms with Crippen LogP contribution in [0.25, 0.3) is 0 Å². The van der Waals surface area contributed by atoms with E-state index < -0.39 is 0 Å². The number of aliphatic hydroxyl groups is 2. The van der Waals surface area contributed by atoms with Crippen LogP contribution in [-0.4, -0.2) is 33.4 Å². The monoisotopic (exact) mass is 234 g/mol. The lowest BCUT2D eigenvalue weighted by Crippen LogP contribution is -2.45. The number of fused-ring (bicyclic) bond motifs is 2. The van der Waals surface area contributed by atoms with Crippen LogP contribution < -0.4 is 4.90 Å². The van der Waals surface area contributed by atoms with Crippen molar-refractivity contribution in [2.45, 2.75) is 50.5 Å². The standard InChI is InChI=1S/C13H18N2O2/c16-8-9-3-4-14-13(5-9)15-10-1-2-11(15)7-12(17)6-10/h3-5,10-12,16-17H,1-2,6-8H2. The van der Waals surface area contributed by atoms with E-state index in [4.69, 9.17) is 5.11 Å². The minimum Gasteiger partial charge on any atom is -0.393 e. The van der Waals surface area contributed by atoms with Crippen LogP contribution in [0.5, 0.6) is 0 Å². The summed E-state index contributed by atoms with van der Waals surface area (Å²) in [7, 11) is 0. The number of aliphatic hydroxyl groups excluding tert-OH is 2. The van der Waals surface area contributed by atoms with Crippen molar-refractivity contribution in [2.24, 2.45) is 0 Å². The molecule has 0 aliphatic carbocycles. The molecule has 0 amide bonds. The predicted molar refractivity (Wildman–Crippen MR) is 64.7 cm³/mol.